The van der Waals surface area contributed by atoms with Gasteiger partial charge in [0.15, 0.2) is 5.75 Å². The third-order valence-corrected chi connectivity index (χ3v) is 3.24. The smallest absolute Gasteiger partial charge is 0.407 e. The number of halogens is 2. The minimum atomic E-state index is -0.963. The number of aromatic nitrogens is 1. The van der Waals surface area contributed by atoms with E-state index >= 15 is 0 Å². The summed E-state index contributed by atoms with van der Waals surface area (Å²) in [5.74, 6) is 0.470. The van der Waals surface area contributed by atoms with Crippen molar-refractivity contribution in [3.8, 4) is 11.6 Å². The van der Waals surface area contributed by atoms with Gasteiger partial charge in [-0.15, -0.1) is 0 Å². The molecule has 0 radical (unpaired) electrons. The van der Waals surface area contributed by atoms with Crippen molar-refractivity contribution in [3.05, 3.63) is 16.2 Å². The maximum atomic E-state index is 10.8. The molecule has 1 aliphatic rings. The number of likely N-dealkylation sites (tertiary alicyclic amines) is 1. The van der Waals surface area contributed by atoms with Crippen molar-refractivity contribution in [2.75, 3.05) is 20.2 Å². The Morgan fingerprint density at radius 1 is 1.58 bits per heavy atom. The molecule has 0 aliphatic carbocycles. The fourth-order valence-corrected chi connectivity index (χ4v) is 2.38. The molecule has 1 amide bonds. The second kappa shape index (κ2) is 5.71. The van der Waals surface area contributed by atoms with E-state index in [-0.39, 0.29) is 23.7 Å². The van der Waals surface area contributed by atoms with Gasteiger partial charge in [-0.2, -0.15) is 4.98 Å². The lowest BCUT2D eigenvalue weighted by molar-refractivity contribution is 0.143. The lowest BCUT2D eigenvalue weighted by Gasteiger charge is -2.16. The Balaban J connectivity index is 2.13. The van der Waals surface area contributed by atoms with Crippen LogP contribution in [0.4, 0.5) is 4.79 Å². The zero-order chi connectivity index (χ0) is 14.0. The average Bonchev–Trinajstić information content (AvgIpc) is 2.77. The van der Waals surface area contributed by atoms with Crippen molar-refractivity contribution in [2.24, 2.45) is 0 Å². The number of hydrogen-bond acceptors (Lipinski definition) is 4. The fraction of sp³-hybridized carbons (Fsp3) is 0.455. The van der Waals surface area contributed by atoms with E-state index in [1.54, 1.807) is 0 Å². The molecule has 1 fully saturated rings. The van der Waals surface area contributed by atoms with Crippen LogP contribution in [0.25, 0.3) is 0 Å². The molecule has 1 aliphatic heterocycles. The molecule has 6 nitrogen and oxygen atoms in total. The highest BCUT2D eigenvalue weighted by Gasteiger charge is 2.28. The summed E-state index contributed by atoms with van der Waals surface area (Å²) in [6.07, 6.45) is -0.663. The van der Waals surface area contributed by atoms with Crippen LogP contribution in [0.1, 0.15) is 6.42 Å². The number of hydrogen-bond donors (Lipinski definition) is 1. The maximum Gasteiger partial charge on any atom is 0.407 e. The van der Waals surface area contributed by atoms with E-state index in [1.807, 2.05) is 0 Å². The van der Waals surface area contributed by atoms with Gasteiger partial charge >= 0.3 is 6.09 Å². The number of nitrogens with zero attached hydrogens (tertiary/aromatic N) is 2. The number of pyridine rings is 1. The van der Waals surface area contributed by atoms with Gasteiger partial charge in [0.05, 0.1) is 18.7 Å². The molecule has 104 valence electrons. The zero-order valence-electron chi connectivity index (χ0n) is 10.1. The highest BCUT2D eigenvalue weighted by molar-refractivity contribution is 6.35. The van der Waals surface area contributed by atoms with Crippen molar-refractivity contribution in [3.63, 3.8) is 0 Å². The summed E-state index contributed by atoms with van der Waals surface area (Å²) in [5.41, 5.74) is 0. The molecule has 2 heterocycles. The quantitative estimate of drug-likeness (QED) is 0.869. The van der Waals surface area contributed by atoms with E-state index in [2.05, 4.69) is 4.98 Å². The SMILES string of the molecule is COc1c(Cl)cc(Cl)nc1OC1CCN(C(=O)O)C1. The summed E-state index contributed by atoms with van der Waals surface area (Å²) >= 11 is 11.8. The van der Waals surface area contributed by atoms with Crippen LogP contribution < -0.4 is 9.47 Å². The van der Waals surface area contributed by atoms with Crippen LogP contribution in [0.2, 0.25) is 10.2 Å². The van der Waals surface area contributed by atoms with Crippen LogP contribution >= 0.6 is 23.2 Å². The molecular weight excluding hydrogens is 295 g/mol. The topological polar surface area (TPSA) is 71.9 Å². The number of rotatable bonds is 3. The molecule has 0 bridgehead atoms. The predicted molar refractivity (Wildman–Crippen MR) is 69.4 cm³/mol. The maximum absolute atomic E-state index is 10.8. The standard InChI is InChI=1S/C11H12Cl2N2O4/c1-18-9-7(12)4-8(13)14-10(9)19-6-2-3-15(5-6)11(16)17/h4,6H,2-3,5H2,1H3,(H,16,17). The largest absolute Gasteiger partial charge is 0.490 e. The molecule has 2 rings (SSSR count). The van der Waals surface area contributed by atoms with Crippen molar-refractivity contribution in [2.45, 2.75) is 12.5 Å². The normalized spacial score (nSPS) is 18.5. The predicted octanol–water partition coefficient (Wildman–Crippen LogP) is 2.53. The van der Waals surface area contributed by atoms with Gasteiger partial charge in [-0.3, -0.25) is 0 Å². The number of ether oxygens (including phenoxy) is 2. The van der Waals surface area contributed by atoms with Crippen molar-refractivity contribution in [1.82, 2.24) is 9.88 Å². The zero-order valence-corrected chi connectivity index (χ0v) is 11.6. The number of amides is 1. The van der Waals surface area contributed by atoms with Crippen LogP contribution in [0, 0.1) is 0 Å². The van der Waals surface area contributed by atoms with Gasteiger partial charge in [0.2, 0.25) is 0 Å². The van der Waals surface area contributed by atoms with Gasteiger partial charge in [0.1, 0.15) is 11.3 Å². The van der Waals surface area contributed by atoms with Gasteiger partial charge < -0.3 is 19.5 Å². The van der Waals surface area contributed by atoms with E-state index in [1.165, 1.54) is 18.1 Å². The molecular formula is C11H12Cl2N2O4. The lowest BCUT2D eigenvalue weighted by Crippen LogP contribution is -2.29. The molecule has 0 aromatic carbocycles. The van der Waals surface area contributed by atoms with Crippen LogP contribution in [-0.2, 0) is 0 Å². The summed E-state index contributed by atoms with van der Waals surface area (Å²) in [5, 5.41) is 9.36. The van der Waals surface area contributed by atoms with E-state index in [0.29, 0.717) is 23.7 Å². The number of methoxy groups -OCH3 is 1. The average molecular weight is 307 g/mol. The van der Waals surface area contributed by atoms with E-state index in [0.717, 1.165) is 0 Å². The minimum Gasteiger partial charge on any atom is -0.490 e. The van der Waals surface area contributed by atoms with Crippen LogP contribution in [0.3, 0.4) is 0 Å². The number of carboxylic acid groups (broad SMARTS) is 1. The molecule has 19 heavy (non-hydrogen) atoms. The molecule has 1 unspecified atom stereocenters. The highest BCUT2D eigenvalue weighted by Crippen LogP contribution is 2.36. The fourth-order valence-electron chi connectivity index (χ4n) is 1.87. The Labute approximate surface area is 119 Å². The molecule has 1 N–H and O–H groups in total. The Kier molecular flexibility index (Phi) is 4.21. The second-order valence-electron chi connectivity index (χ2n) is 4.02. The van der Waals surface area contributed by atoms with Crippen molar-refractivity contribution >= 4 is 29.3 Å². The highest BCUT2D eigenvalue weighted by atomic mass is 35.5. The molecule has 0 saturated carbocycles. The minimum absolute atomic E-state index is 0.178. The van der Waals surface area contributed by atoms with Gasteiger partial charge in [0.25, 0.3) is 5.88 Å². The lowest BCUT2D eigenvalue weighted by atomic mass is 10.3. The summed E-state index contributed by atoms with van der Waals surface area (Å²) in [4.78, 5) is 16.1. The monoisotopic (exact) mass is 306 g/mol. The molecule has 1 aromatic rings. The third-order valence-electron chi connectivity index (χ3n) is 2.76. The number of carbonyl (C=O) groups is 1. The third kappa shape index (κ3) is 3.13. The Bertz CT molecular complexity index is 498. The summed E-state index contributed by atoms with van der Waals surface area (Å²) in [7, 11) is 1.45. The van der Waals surface area contributed by atoms with Crippen molar-refractivity contribution < 1.29 is 19.4 Å². The molecule has 1 aromatic heterocycles. The van der Waals surface area contributed by atoms with E-state index < -0.39 is 6.09 Å². The summed E-state index contributed by atoms with van der Waals surface area (Å²) in [6, 6.07) is 1.45. The first kappa shape index (κ1) is 14.0. The first-order valence-electron chi connectivity index (χ1n) is 5.56. The van der Waals surface area contributed by atoms with Crippen LogP contribution in [-0.4, -0.2) is 47.4 Å². The Morgan fingerprint density at radius 2 is 2.32 bits per heavy atom. The Hall–Kier alpha value is -1.40. The molecule has 1 saturated heterocycles. The van der Waals surface area contributed by atoms with Gasteiger partial charge in [-0.25, -0.2) is 4.79 Å². The van der Waals surface area contributed by atoms with E-state index in [4.69, 9.17) is 37.8 Å². The van der Waals surface area contributed by atoms with Crippen LogP contribution in [0.15, 0.2) is 6.07 Å². The first-order chi connectivity index (χ1) is 9.01. The summed E-state index contributed by atoms with van der Waals surface area (Å²) in [6.45, 7) is 0.709. The molecule has 0 spiro atoms. The first-order valence-corrected chi connectivity index (χ1v) is 6.31. The second-order valence-corrected chi connectivity index (χ2v) is 4.82. The van der Waals surface area contributed by atoms with Gasteiger partial charge in [-0.05, 0) is 6.07 Å². The van der Waals surface area contributed by atoms with Crippen molar-refractivity contribution in [1.29, 1.82) is 0 Å². The van der Waals surface area contributed by atoms with Crippen LogP contribution in [0.5, 0.6) is 11.6 Å². The molecule has 8 heteroatoms. The van der Waals surface area contributed by atoms with E-state index in [9.17, 15) is 4.79 Å². The van der Waals surface area contributed by atoms with Gasteiger partial charge in [-0.1, -0.05) is 23.2 Å². The summed E-state index contributed by atoms with van der Waals surface area (Å²) < 4.78 is 10.7. The molecule has 1 atom stereocenters. The Morgan fingerprint density at radius 3 is 2.89 bits per heavy atom. The van der Waals surface area contributed by atoms with Gasteiger partial charge in [0, 0.05) is 13.0 Å².